The van der Waals surface area contributed by atoms with Crippen molar-refractivity contribution >= 4 is 18.0 Å². The Morgan fingerprint density at radius 1 is 1.15 bits per heavy atom. The van der Waals surface area contributed by atoms with E-state index >= 15 is 0 Å². The van der Waals surface area contributed by atoms with Gasteiger partial charge in [0.15, 0.2) is 0 Å². The Kier molecular flexibility index (Phi) is 4.96. The maximum absolute atomic E-state index is 13.8. The van der Waals surface area contributed by atoms with Crippen LogP contribution in [0.1, 0.15) is 38.5 Å². The molecule has 0 amide bonds. The SMILES string of the molecule is O=C(OC(C(F)(F)F)C(F)(F)SOO[O-])C12CC3CC(CC(O)(C3)C1)C2. The van der Waals surface area contributed by atoms with E-state index < -0.39 is 46.6 Å². The maximum atomic E-state index is 13.8. The van der Waals surface area contributed by atoms with Gasteiger partial charge in [-0.1, -0.05) is 0 Å². The van der Waals surface area contributed by atoms with Gasteiger partial charge in [0, 0.05) is 0 Å². The third kappa shape index (κ3) is 3.66. The Balaban J connectivity index is 1.80. The summed E-state index contributed by atoms with van der Waals surface area (Å²) in [4.78, 5) is 12.5. The second kappa shape index (κ2) is 6.43. The van der Waals surface area contributed by atoms with Gasteiger partial charge in [-0.25, -0.2) is 0 Å². The lowest BCUT2D eigenvalue weighted by molar-refractivity contribution is -0.777. The molecule has 0 radical (unpaired) electrons. The molecule has 4 aliphatic rings. The first-order chi connectivity index (χ1) is 11.9. The van der Waals surface area contributed by atoms with E-state index in [0.717, 1.165) is 6.42 Å². The average Bonchev–Trinajstić information content (AvgIpc) is 2.46. The third-order valence-electron chi connectivity index (χ3n) is 5.46. The quantitative estimate of drug-likeness (QED) is 0.238. The van der Waals surface area contributed by atoms with E-state index in [2.05, 4.69) is 14.1 Å². The van der Waals surface area contributed by atoms with Crippen LogP contribution in [0.25, 0.3) is 0 Å². The first kappa shape index (κ1) is 20.1. The Bertz CT molecular complexity index is 557. The van der Waals surface area contributed by atoms with Crippen molar-refractivity contribution in [2.45, 2.75) is 61.7 Å². The van der Waals surface area contributed by atoms with Gasteiger partial charge in [0.25, 0.3) is 6.10 Å². The van der Waals surface area contributed by atoms with E-state index in [-0.39, 0.29) is 31.1 Å². The van der Waals surface area contributed by atoms with Crippen LogP contribution in [-0.4, -0.2) is 34.2 Å². The molecular formula is C14H16F5O6S-. The molecule has 1 N–H and O–H groups in total. The molecule has 3 unspecified atom stereocenters. The van der Waals surface area contributed by atoms with Gasteiger partial charge < -0.3 is 15.1 Å². The number of rotatable bonds is 6. The number of alkyl halides is 5. The van der Waals surface area contributed by atoms with Crippen LogP contribution in [0.3, 0.4) is 0 Å². The first-order valence-corrected chi connectivity index (χ1v) is 8.66. The van der Waals surface area contributed by atoms with E-state index in [1.807, 2.05) is 0 Å². The molecule has 0 aromatic rings. The summed E-state index contributed by atoms with van der Waals surface area (Å²) < 4.78 is 74.2. The van der Waals surface area contributed by atoms with Gasteiger partial charge in [0.1, 0.15) is 12.0 Å². The molecule has 4 fully saturated rings. The summed E-state index contributed by atoms with van der Waals surface area (Å²) in [5, 5.41) is 18.0. The van der Waals surface area contributed by atoms with Crippen LogP contribution in [0.15, 0.2) is 0 Å². The third-order valence-corrected chi connectivity index (χ3v) is 6.02. The second-order valence-corrected chi connectivity index (χ2v) is 8.42. The Labute approximate surface area is 149 Å². The molecular weight excluding hydrogens is 391 g/mol. The fourth-order valence-corrected chi connectivity index (χ4v) is 5.50. The Hall–Kier alpha value is -0.690. The minimum absolute atomic E-state index is 0.0507. The first-order valence-electron chi connectivity index (χ1n) is 7.91. The largest absolute Gasteiger partial charge is 0.691 e. The molecule has 0 aromatic heterocycles. The van der Waals surface area contributed by atoms with E-state index in [1.165, 1.54) is 0 Å². The van der Waals surface area contributed by atoms with Crippen LogP contribution in [-0.2, 0) is 18.9 Å². The normalized spacial score (nSPS) is 37.7. The molecule has 26 heavy (non-hydrogen) atoms. The summed E-state index contributed by atoms with van der Waals surface area (Å²) in [6.45, 7) is 0. The number of carbonyl (C=O) groups excluding carboxylic acids is 1. The molecule has 0 aliphatic heterocycles. The van der Waals surface area contributed by atoms with Crippen LogP contribution >= 0.6 is 12.0 Å². The van der Waals surface area contributed by atoms with Crippen molar-refractivity contribution in [1.82, 2.24) is 0 Å². The monoisotopic (exact) mass is 407 g/mol. The van der Waals surface area contributed by atoms with Gasteiger partial charge in [-0.3, -0.25) is 9.83 Å². The van der Waals surface area contributed by atoms with Crippen molar-refractivity contribution < 1.29 is 51.2 Å². The van der Waals surface area contributed by atoms with Crippen molar-refractivity contribution in [2.75, 3.05) is 0 Å². The van der Waals surface area contributed by atoms with E-state index in [0.29, 0.717) is 12.8 Å². The summed E-state index contributed by atoms with van der Waals surface area (Å²) in [6, 6.07) is 0. The zero-order valence-corrected chi connectivity index (χ0v) is 14.1. The zero-order chi connectivity index (χ0) is 19.4. The minimum Gasteiger partial charge on any atom is -0.691 e. The smallest absolute Gasteiger partial charge is 0.432 e. The molecule has 0 saturated heterocycles. The van der Waals surface area contributed by atoms with Crippen molar-refractivity contribution in [3.8, 4) is 0 Å². The predicted octanol–water partition coefficient (Wildman–Crippen LogP) is 2.26. The van der Waals surface area contributed by atoms with Crippen molar-refractivity contribution in [3.05, 3.63) is 0 Å². The molecule has 4 bridgehead atoms. The van der Waals surface area contributed by atoms with Crippen LogP contribution in [0.5, 0.6) is 0 Å². The van der Waals surface area contributed by atoms with Crippen LogP contribution < -0.4 is 5.26 Å². The van der Waals surface area contributed by atoms with Crippen LogP contribution in [0, 0.1) is 17.3 Å². The number of halogens is 5. The number of hydrogen-bond donors (Lipinski definition) is 1. The lowest BCUT2D eigenvalue weighted by atomic mass is 9.48. The lowest BCUT2D eigenvalue weighted by Gasteiger charge is -2.58. The molecule has 4 saturated carbocycles. The highest BCUT2D eigenvalue weighted by atomic mass is 32.2. The van der Waals surface area contributed by atoms with Crippen molar-refractivity contribution in [3.63, 3.8) is 0 Å². The van der Waals surface area contributed by atoms with Crippen LogP contribution in [0.4, 0.5) is 22.0 Å². The molecule has 4 aliphatic carbocycles. The highest BCUT2D eigenvalue weighted by Gasteiger charge is 2.65. The highest BCUT2D eigenvalue weighted by Crippen LogP contribution is 2.62. The zero-order valence-electron chi connectivity index (χ0n) is 13.3. The fourth-order valence-electron chi connectivity index (χ4n) is 5.11. The second-order valence-electron chi connectivity index (χ2n) is 7.57. The number of aliphatic hydroxyl groups is 1. The summed E-state index contributed by atoms with van der Waals surface area (Å²) in [5.74, 6) is -1.51. The summed E-state index contributed by atoms with van der Waals surface area (Å²) in [5.41, 5.74) is -2.58. The summed E-state index contributed by atoms with van der Waals surface area (Å²) >= 11 is -1.18. The van der Waals surface area contributed by atoms with Crippen molar-refractivity contribution in [1.29, 1.82) is 0 Å². The lowest BCUT2D eigenvalue weighted by Crippen LogP contribution is -2.59. The van der Waals surface area contributed by atoms with E-state index in [9.17, 15) is 37.1 Å². The van der Waals surface area contributed by atoms with E-state index in [1.54, 1.807) is 0 Å². The molecule has 3 atom stereocenters. The molecule has 0 heterocycles. The standard InChI is InChI=1S/C14H17F5O6S/c15-13(16,17)9(14(18,19)26-25-24-22)23-10(20)11-2-7-1-8(3-11)5-12(21,4-7)6-11/h7-9,21-22H,1-6H2/p-1. The molecule has 150 valence electrons. The molecule has 4 rings (SSSR count). The van der Waals surface area contributed by atoms with Gasteiger partial charge >= 0.3 is 17.4 Å². The highest BCUT2D eigenvalue weighted by molar-refractivity contribution is 7.95. The summed E-state index contributed by atoms with van der Waals surface area (Å²) in [6.07, 6.45) is -7.47. The number of esters is 1. The topological polar surface area (TPSA) is 88.1 Å². The van der Waals surface area contributed by atoms with Gasteiger partial charge in [-0.15, -0.1) is 0 Å². The van der Waals surface area contributed by atoms with Gasteiger partial charge in [-0.2, -0.15) is 26.3 Å². The molecule has 6 nitrogen and oxygen atoms in total. The van der Waals surface area contributed by atoms with E-state index in [4.69, 9.17) is 0 Å². The van der Waals surface area contributed by atoms with Crippen molar-refractivity contribution in [2.24, 2.45) is 17.3 Å². The Morgan fingerprint density at radius 3 is 2.19 bits per heavy atom. The minimum atomic E-state index is -5.60. The summed E-state index contributed by atoms with van der Waals surface area (Å²) in [7, 11) is 0. The van der Waals surface area contributed by atoms with Gasteiger partial charge in [-0.05, 0) is 50.4 Å². The predicted molar refractivity (Wildman–Crippen MR) is 72.7 cm³/mol. The fraction of sp³-hybridized carbons (Fsp3) is 0.929. The number of hydrogen-bond acceptors (Lipinski definition) is 7. The Morgan fingerprint density at radius 2 is 1.73 bits per heavy atom. The molecule has 0 spiro atoms. The average molecular weight is 407 g/mol. The number of carbonyl (C=O) groups is 1. The van der Waals surface area contributed by atoms with Gasteiger partial charge in [0.2, 0.25) is 0 Å². The number of ether oxygens (including phenoxy) is 1. The van der Waals surface area contributed by atoms with Crippen LogP contribution in [0.2, 0.25) is 0 Å². The molecule has 0 aromatic carbocycles. The maximum Gasteiger partial charge on any atom is 0.432 e. The van der Waals surface area contributed by atoms with Gasteiger partial charge in [0.05, 0.1) is 11.0 Å². The molecule has 12 heteroatoms.